The van der Waals surface area contributed by atoms with Crippen LogP contribution in [-0.4, -0.2) is 63.7 Å². The maximum atomic E-state index is 13.9. The van der Waals surface area contributed by atoms with E-state index in [2.05, 4.69) is 10.3 Å². The quantitative estimate of drug-likeness (QED) is 0.577. The molecule has 3 heterocycles. The van der Waals surface area contributed by atoms with Crippen LogP contribution in [0.15, 0.2) is 42.7 Å². The number of carboxylic acids is 1. The van der Waals surface area contributed by atoms with E-state index >= 15 is 0 Å². The minimum absolute atomic E-state index is 0.0489. The molecule has 2 aliphatic rings. The zero-order valence-electron chi connectivity index (χ0n) is 19.4. The summed E-state index contributed by atoms with van der Waals surface area (Å²) in [5, 5.41) is 9.99. The van der Waals surface area contributed by atoms with E-state index in [4.69, 9.17) is 14.6 Å². The van der Waals surface area contributed by atoms with Gasteiger partial charge in [0.2, 0.25) is 11.8 Å². The Hall–Kier alpha value is -3.61. The summed E-state index contributed by atoms with van der Waals surface area (Å²) in [6.45, 7) is 0.861. The third-order valence-corrected chi connectivity index (χ3v) is 5.97. The monoisotopic (exact) mass is 529 g/mol. The van der Waals surface area contributed by atoms with Gasteiger partial charge in [-0.15, -0.1) is 0 Å². The molecule has 2 fully saturated rings. The molecule has 4 rings (SSSR count). The van der Waals surface area contributed by atoms with Gasteiger partial charge in [-0.1, -0.05) is 18.2 Å². The van der Waals surface area contributed by atoms with Gasteiger partial charge in [0, 0.05) is 31.0 Å². The van der Waals surface area contributed by atoms with Crippen molar-refractivity contribution in [2.24, 2.45) is 0 Å². The number of nitrogens with one attached hydrogen (secondary N) is 1. The highest BCUT2D eigenvalue weighted by atomic mass is 19.4. The van der Waals surface area contributed by atoms with E-state index in [0.717, 1.165) is 11.6 Å². The molecule has 1 aromatic heterocycles. The smallest absolute Gasteiger partial charge is 0.475 e. The number of hydrogen-bond acceptors (Lipinski definition) is 5. The van der Waals surface area contributed by atoms with Crippen molar-refractivity contribution in [1.82, 2.24) is 15.2 Å². The number of pyridine rings is 1. The number of benzene rings is 1. The average Bonchev–Trinajstić information content (AvgIpc) is 3.29. The first kappa shape index (κ1) is 28.0. The zero-order valence-corrected chi connectivity index (χ0v) is 19.4. The summed E-state index contributed by atoms with van der Waals surface area (Å²) in [6.07, 6.45) is -0.944. The fraction of sp³-hybridized carbons (Fsp3) is 0.417. The fourth-order valence-electron chi connectivity index (χ4n) is 4.18. The number of ether oxygens (including phenoxy) is 1. The van der Waals surface area contributed by atoms with E-state index in [-0.39, 0.29) is 35.9 Å². The fourth-order valence-corrected chi connectivity index (χ4v) is 4.18. The Morgan fingerprint density at radius 3 is 2.49 bits per heavy atom. The number of hydrogen-bond donors (Lipinski definition) is 2. The number of nitrogens with zero attached hydrogens (tertiary/aromatic N) is 2. The maximum Gasteiger partial charge on any atom is 0.490 e. The number of amides is 2. The highest BCUT2D eigenvalue weighted by Gasteiger charge is 2.43. The molecule has 2 aliphatic heterocycles. The summed E-state index contributed by atoms with van der Waals surface area (Å²) in [6, 6.07) is 7.40. The molecule has 3 atom stereocenters. The van der Waals surface area contributed by atoms with Crippen LogP contribution in [0.4, 0.5) is 22.0 Å². The van der Waals surface area contributed by atoms with E-state index in [0.29, 0.717) is 32.4 Å². The normalized spacial score (nSPS) is 20.9. The molecule has 2 amide bonds. The van der Waals surface area contributed by atoms with Crippen molar-refractivity contribution in [3.63, 3.8) is 0 Å². The minimum atomic E-state index is -5.08. The summed E-state index contributed by atoms with van der Waals surface area (Å²) < 4.78 is 65.0. The first-order chi connectivity index (χ1) is 17.5. The Labute approximate surface area is 208 Å². The topological polar surface area (TPSA) is 109 Å². The van der Waals surface area contributed by atoms with Crippen LogP contribution in [0.1, 0.15) is 30.4 Å². The van der Waals surface area contributed by atoms with Crippen LogP contribution in [0, 0.1) is 11.6 Å². The van der Waals surface area contributed by atoms with Gasteiger partial charge >= 0.3 is 12.1 Å². The Bertz CT molecular complexity index is 1120. The number of carboxylic acid groups (broad SMARTS) is 1. The maximum absolute atomic E-state index is 13.9. The van der Waals surface area contributed by atoms with Gasteiger partial charge in [-0.05, 0) is 37.0 Å². The number of aromatic nitrogens is 1. The van der Waals surface area contributed by atoms with Crippen LogP contribution in [0.25, 0.3) is 0 Å². The molecule has 0 spiro atoms. The van der Waals surface area contributed by atoms with Crippen molar-refractivity contribution in [3.8, 4) is 0 Å². The molecule has 2 saturated heterocycles. The lowest BCUT2D eigenvalue weighted by atomic mass is 9.98. The molecule has 2 aromatic rings. The molecule has 13 heteroatoms. The molecule has 2 N–H and O–H groups in total. The molecule has 0 aliphatic carbocycles. The minimum Gasteiger partial charge on any atom is -0.475 e. The van der Waals surface area contributed by atoms with Crippen LogP contribution in [0.5, 0.6) is 0 Å². The number of carbonyl (C=O) groups is 3. The second-order valence-electron chi connectivity index (χ2n) is 8.46. The Morgan fingerprint density at radius 2 is 1.84 bits per heavy atom. The van der Waals surface area contributed by atoms with Crippen LogP contribution >= 0.6 is 0 Å². The number of rotatable bonds is 5. The number of likely N-dealkylation sites (tertiary alicyclic amines) is 1. The molecule has 0 radical (unpaired) electrons. The van der Waals surface area contributed by atoms with Gasteiger partial charge in [-0.3, -0.25) is 14.6 Å². The van der Waals surface area contributed by atoms with Crippen LogP contribution in [0.2, 0.25) is 0 Å². The second-order valence-corrected chi connectivity index (χ2v) is 8.46. The zero-order chi connectivity index (χ0) is 27.2. The van der Waals surface area contributed by atoms with Gasteiger partial charge in [0.05, 0.1) is 18.6 Å². The highest BCUT2D eigenvalue weighted by Crippen LogP contribution is 2.32. The van der Waals surface area contributed by atoms with Gasteiger partial charge in [-0.2, -0.15) is 13.2 Å². The summed E-state index contributed by atoms with van der Waals surface area (Å²) >= 11 is 0. The van der Waals surface area contributed by atoms with E-state index in [1.54, 1.807) is 17.3 Å². The lowest BCUT2D eigenvalue weighted by Crippen LogP contribution is -2.49. The second kappa shape index (κ2) is 12.1. The van der Waals surface area contributed by atoms with E-state index < -0.39 is 29.9 Å². The Kier molecular flexibility index (Phi) is 9.14. The predicted octanol–water partition coefficient (Wildman–Crippen LogP) is 3.00. The van der Waals surface area contributed by atoms with Gasteiger partial charge in [0.25, 0.3) is 0 Å². The summed E-state index contributed by atoms with van der Waals surface area (Å²) in [5.41, 5.74) is 0.953. The van der Waals surface area contributed by atoms with E-state index in [9.17, 15) is 31.5 Å². The number of aliphatic carboxylic acids is 1. The van der Waals surface area contributed by atoms with Crippen molar-refractivity contribution in [3.05, 3.63) is 65.5 Å². The lowest BCUT2D eigenvalue weighted by molar-refractivity contribution is -0.192. The van der Waals surface area contributed by atoms with Crippen molar-refractivity contribution >= 4 is 17.8 Å². The molecule has 37 heavy (non-hydrogen) atoms. The lowest BCUT2D eigenvalue weighted by Gasteiger charge is -2.35. The number of halogens is 5. The number of alkyl halides is 3. The molecule has 1 aromatic carbocycles. The van der Waals surface area contributed by atoms with Gasteiger partial charge in [-0.25, -0.2) is 13.6 Å². The van der Waals surface area contributed by atoms with E-state index in [1.165, 1.54) is 12.1 Å². The Balaban J connectivity index is 0.000000479. The van der Waals surface area contributed by atoms with Crippen LogP contribution < -0.4 is 5.32 Å². The molecule has 0 saturated carbocycles. The number of fused-ring (bicyclic) bond motifs is 1. The third kappa shape index (κ3) is 7.44. The van der Waals surface area contributed by atoms with Crippen molar-refractivity contribution in [2.75, 3.05) is 6.54 Å². The predicted molar refractivity (Wildman–Crippen MR) is 118 cm³/mol. The largest absolute Gasteiger partial charge is 0.490 e. The van der Waals surface area contributed by atoms with Gasteiger partial charge in [0.15, 0.2) is 11.6 Å². The number of carbonyl (C=O) groups excluding carboxylic acids is 2. The van der Waals surface area contributed by atoms with Crippen molar-refractivity contribution < 1.29 is 46.2 Å². The summed E-state index contributed by atoms with van der Waals surface area (Å²) in [4.78, 5) is 39.8. The standard InChI is InChI=1S/C22H23F2N3O3.C2HF3O2/c23-16-5-1-4-15(21(16)24)11-20(28)27-10-8-18-17(27)6-7-19(30-18)22(29)26-13-14-3-2-9-25-12-14;3-2(4,5)1(6)7/h1-5,9,12,17-19H,6-8,10-11,13H2,(H,26,29);(H,6,7)/t17-,18-,19-;/m1./s1. The third-order valence-electron chi connectivity index (χ3n) is 5.97. The van der Waals surface area contributed by atoms with Crippen molar-refractivity contribution in [2.45, 2.75) is 56.7 Å². The summed E-state index contributed by atoms with van der Waals surface area (Å²) in [7, 11) is 0. The first-order valence-electron chi connectivity index (χ1n) is 11.3. The Morgan fingerprint density at radius 1 is 1.11 bits per heavy atom. The molecular formula is C24H24F5N3O5. The van der Waals surface area contributed by atoms with E-state index in [1.807, 2.05) is 12.1 Å². The first-order valence-corrected chi connectivity index (χ1v) is 11.3. The molecule has 200 valence electrons. The van der Waals surface area contributed by atoms with Gasteiger partial charge in [0.1, 0.15) is 6.10 Å². The molecule has 0 unspecified atom stereocenters. The van der Waals surface area contributed by atoms with Crippen LogP contribution in [0.3, 0.4) is 0 Å². The summed E-state index contributed by atoms with van der Waals surface area (Å²) in [5.74, 6) is -5.13. The molecular weight excluding hydrogens is 505 g/mol. The van der Waals surface area contributed by atoms with Crippen molar-refractivity contribution in [1.29, 1.82) is 0 Å². The SMILES string of the molecule is O=C(NCc1cccnc1)[C@H]1CC[C@@H]2[C@@H](CCN2C(=O)Cc2cccc(F)c2F)O1.O=C(O)C(F)(F)F. The van der Waals surface area contributed by atoms with Crippen LogP contribution in [-0.2, 0) is 32.1 Å². The molecule has 8 nitrogen and oxygen atoms in total. The molecule has 0 bridgehead atoms. The average molecular weight is 529 g/mol. The van der Waals surface area contributed by atoms with Gasteiger partial charge < -0.3 is 20.1 Å². The highest BCUT2D eigenvalue weighted by molar-refractivity contribution is 5.81.